The first-order valence-electron chi connectivity index (χ1n) is 9.21. The van der Waals surface area contributed by atoms with Crippen molar-refractivity contribution in [2.24, 2.45) is 10.8 Å². The number of allylic oxidation sites excluding steroid dienone is 5. The molecule has 0 bridgehead atoms. The van der Waals surface area contributed by atoms with Crippen LogP contribution in [0.5, 0.6) is 0 Å². The van der Waals surface area contributed by atoms with E-state index >= 15 is 0 Å². The van der Waals surface area contributed by atoms with Gasteiger partial charge in [-0.25, -0.2) is 0 Å². The minimum absolute atomic E-state index is 0. The van der Waals surface area contributed by atoms with Crippen LogP contribution in [0.2, 0.25) is 0 Å². The van der Waals surface area contributed by atoms with Gasteiger partial charge in [0.05, 0.1) is 0 Å². The van der Waals surface area contributed by atoms with Gasteiger partial charge in [0.2, 0.25) is 0 Å². The smallest absolute Gasteiger partial charge is 1.00 e. The van der Waals surface area contributed by atoms with Crippen LogP contribution in [0.3, 0.4) is 0 Å². The molecule has 0 radical (unpaired) electrons. The van der Waals surface area contributed by atoms with Crippen molar-refractivity contribution >= 4 is 0 Å². The van der Waals surface area contributed by atoms with E-state index in [0.29, 0.717) is 0 Å². The molecule has 0 aromatic carbocycles. The molecule has 1 unspecified atom stereocenters. The zero-order valence-electron chi connectivity index (χ0n) is 17.3. The molecule has 145 valence electrons. The Kier molecular flexibility index (Phi) is 9.69. The normalized spacial score (nSPS) is 23.3. The number of rotatable bonds is 5. The molecule has 2 aliphatic carbocycles. The summed E-state index contributed by atoms with van der Waals surface area (Å²) >= 11 is 2.27. The Morgan fingerprint density at radius 2 is 1.77 bits per heavy atom. The van der Waals surface area contributed by atoms with E-state index in [1.165, 1.54) is 20.6 Å². The quantitative estimate of drug-likeness (QED) is 0.567. The Hall–Kier alpha value is 0.214. The second-order valence-electron chi connectivity index (χ2n) is 8.76. The van der Waals surface area contributed by atoms with Crippen LogP contribution >= 0.6 is 0 Å². The van der Waals surface area contributed by atoms with Gasteiger partial charge in [-0.3, -0.25) is 0 Å². The summed E-state index contributed by atoms with van der Waals surface area (Å²) in [5, 5.41) is 0. The zero-order valence-corrected chi connectivity index (χ0v) is 20.4. The molecule has 2 rings (SSSR count). The van der Waals surface area contributed by atoms with Crippen molar-refractivity contribution < 1.29 is 50.0 Å². The van der Waals surface area contributed by atoms with E-state index < -0.39 is 0 Å². The maximum absolute atomic E-state index is 6.75. The zero-order chi connectivity index (χ0) is 18.2. The number of ether oxygens (including phenoxy) is 1. The van der Waals surface area contributed by atoms with E-state index in [2.05, 4.69) is 93.2 Å². The summed E-state index contributed by atoms with van der Waals surface area (Å²) in [6.07, 6.45) is 12.5. The molecule has 26 heavy (non-hydrogen) atoms. The van der Waals surface area contributed by atoms with Gasteiger partial charge in [0.25, 0.3) is 0 Å². The second kappa shape index (κ2) is 9.61. The van der Waals surface area contributed by atoms with Gasteiger partial charge < -0.3 is 24.8 Å². The molecule has 0 saturated carbocycles. The van der Waals surface area contributed by atoms with Crippen molar-refractivity contribution in [3.8, 4) is 0 Å². The SMILES string of the molecule is CCCOC1(C(C)(C)C2=[C]([Ti+2])CC=C2)CC=C(C)C=C1C(C)(C)C.[Cl-].[Cl-]. The van der Waals surface area contributed by atoms with Crippen LogP contribution in [0.4, 0.5) is 0 Å². The standard InChI is InChI=1S/C22H33O.2ClH.Ti/c1-8-15-23-22(21(6,7)18-11-9-10-12-18)14-13-17(2)16-19(22)20(3,4)5;;;/h9,11,13,16H,8,10,14-15H2,1-7H3;2*1H;/q;;;+2/p-2. The molecule has 0 aliphatic heterocycles. The van der Waals surface area contributed by atoms with E-state index in [1.807, 2.05) is 0 Å². The fraction of sp³-hybridized carbons (Fsp3) is 0.636. The van der Waals surface area contributed by atoms with Crippen LogP contribution in [0.25, 0.3) is 0 Å². The molecule has 0 aromatic heterocycles. The largest absolute Gasteiger partial charge is 1.00 e. The second-order valence-corrected chi connectivity index (χ2v) is 9.70. The molecule has 1 atom stereocenters. The average molecular weight is 432 g/mol. The molecule has 0 spiro atoms. The van der Waals surface area contributed by atoms with Crippen molar-refractivity contribution in [1.82, 2.24) is 0 Å². The van der Waals surface area contributed by atoms with Crippen LogP contribution in [0.1, 0.15) is 67.7 Å². The topological polar surface area (TPSA) is 9.23 Å². The maximum Gasteiger partial charge on any atom is -1.00 e. The van der Waals surface area contributed by atoms with Gasteiger partial charge in [0.1, 0.15) is 0 Å². The van der Waals surface area contributed by atoms with Gasteiger partial charge in [0.15, 0.2) is 0 Å². The molecule has 2 aliphatic rings. The number of hydrogen-bond donors (Lipinski definition) is 0. The molecule has 4 heteroatoms. The predicted octanol–water partition coefficient (Wildman–Crippen LogP) is 0.269. The van der Waals surface area contributed by atoms with Gasteiger partial charge in [-0.15, -0.1) is 0 Å². The van der Waals surface area contributed by atoms with Crippen molar-refractivity contribution in [3.63, 3.8) is 0 Å². The third-order valence-electron chi connectivity index (χ3n) is 5.49. The first kappa shape index (κ1) is 26.2. The van der Waals surface area contributed by atoms with Crippen LogP contribution in [-0.2, 0) is 25.2 Å². The van der Waals surface area contributed by atoms with Gasteiger partial charge >= 0.3 is 161 Å². The summed E-state index contributed by atoms with van der Waals surface area (Å²) in [7, 11) is 0. The van der Waals surface area contributed by atoms with Crippen molar-refractivity contribution in [2.45, 2.75) is 73.3 Å². The molecule has 0 aromatic rings. The van der Waals surface area contributed by atoms with Gasteiger partial charge in [-0.1, -0.05) is 0 Å². The van der Waals surface area contributed by atoms with Crippen LogP contribution in [-0.4, -0.2) is 12.2 Å². The number of halogens is 2. The third-order valence-corrected chi connectivity index (χ3v) is 6.23. The van der Waals surface area contributed by atoms with E-state index in [4.69, 9.17) is 4.74 Å². The van der Waals surface area contributed by atoms with Crippen LogP contribution in [0.15, 0.2) is 44.9 Å². The minimum Gasteiger partial charge on any atom is -1.00 e. The van der Waals surface area contributed by atoms with E-state index in [9.17, 15) is 0 Å². The Bertz CT molecular complexity index is 621. The Morgan fingerprint density at radius 3 is 2.23 bits per heavy atom. The summed E-state index contributed by atoms with van der Waals surface area (Å²) in [5.74, 6) is 0. The van der Waals surface area contributed by atoms with Crippen LogP contribution in [0, 0.1) is 10.8 Å². The van der Waals surface area contributed by atoms with Crippen molar-refractivity contribution in [1.29, 1.82) is 0 Å². The Balaban J connectivity index is 0.00000312. The Morgan fingerprint density at radius 1 is 1.15 bits per heavy atom. The summed E-state index contributed by atoms with van der Waals surface area (Å²) < 4.78 is 8.24. The first-order chi connectivity index (χ1) is 11.1. The average Bonchev–Trinajstić information content (AvgIpc) is 2.92. The molecular formula is C22H33Cl2OTi. The van der Waals surface area contributed by atoms with Crippen molar-refractivity contribution in [2.75, 3.05) is 6.61 Å². The predicted molar refractivity (Wildman–Crippen MR) is 99.5 cm³/mol. The van der Waals surface area contributed by atoms with Gasteiger partial charge in [-0.05, 0) is 0 Å². The molecule has 1 nitrogen and oxygen atoms in total. The summed E-state index contributed by atoms with van der Waals surface area (Å²) in [6.45, 7) is 16.9. The van der Waals surface area contributed by atoms with Crippen LogP contribution < -0.4 is 24.8 Å². The number of hydrogen-bond acceptors (Lipinski definition) is 1. The summed E-state index contributed by atoms with van der Waals surface area (Å²) in [6, 6.07) is 0. The summed E-state index contributed by atoms with van der Waals surface area (Å²) in [5.41, 5.74) is 4.01. The summed E-state index contributed by atoms with van der Waals surface area (Å²) in [4.78, 5) is 0. The molecule has 0 amide bonds. The molecule has 0 saturated heterocycles. The fourth-order valence-corrected chi connectivity index (χ4v) is 4.94. The minimum atomic E-state index is -0.272. The van der Waals surface area contributed by atoms with Gasteiger partial charge in [-0.2, -0.15) is 0 Å². The fourth-order valence-electron chi connectivity index (χ4n) is 4.13. The molecule has 0 heterocycles. The van der Waals surface area contributed by atoms with E-state index in [1.54, 1.807) is 0 Å². The molecule has 0 N–H and O–H groups in total. The molecular weight excluding hydrogens is 399 g/mol. The van der Waals surface area contributed by atoms with Crippen molar-refractivity contribution in [3.05, 3.63) is 44.9 Å². The molecule has 0 fully saturated rings. The Labute approximate surface area is 185 Å². The monoisotopic (exact) mass is 431 g/mol. The van der Waals surface area contributed by atoms with E-state index in [0.717, 1.165) is 25.9 Å². The third kappa shape index (κ3) is 4.79. The van der Waals surface area contributed by atoms with Gasteiger partial charge in [0, 0.05) is 0 Å². The van der Waals surface area contributed by atoms with E-state index in [-0.39, 0.29) is 41.2 Å². The first-order valence-corrected chi connectivity index (χ1v) is 9.99. The maximum atomic E-state index is 6.75.